The molecule has 0 aromatic carbocycles. The van der Waals surface area contributed by atoms with Crippen LogP contribution in [0.2, 0.25) is 0 Å². The second kappa shape index (κ2) is 6.56. The van der Waals surface area contributed by atoms with Crippen molar-refractivity contribution in [1.82, 2.24) is 10.3 Å². The van der Waals surface area contributed by atoms with Crippen LogP contribution in [0, 0.1) is 0 Å². The third kappa shape index (κ3) is 3.34. The Morgan fingerprint density at radius 1 is 1.56 bits per heavy atom. The van der Waals surface area contributed by atoms with E-state index in [-0.39, 0.29) is 6.61 Å². The van der Waals surface area contributed by atoms with Gasteiger partial charge in [-0.05, 0) is 25.5 Å². The van der Waals surface area contributed by atoms with Gasteiger partial charge in [-0.3, -0.25) is 0 Å². The van der Waals surface area contributed by atoms with E-state index in [0.29, 0.717) is 18.5 Å². The van der Waals surface area contributed by atoms with Gasteiger partial charge in [0.15, 0.2) is 0 Å². The first-order valence-electron chi connectivity index (χ1n) is 6.43. The molecule has 0 spiro atoms. The standard InChI is InChI=1S/C13H21N3O2/c1-18-13-6-2-5-12(15-13)16(8-9-17)10-11-4-3-7-14-11/h2,5-6,11,14,17H,3-4,7-10H2,1H3. The van der Waals surface area contributed by atoms with Crippen molar-refractivity contribution in [3.05, 3.63) is 18.2 Å². The zero-order valence-corrected chi connectivity index (χ0v) is 10.8. The highest BCUT2D eigenvalue weighted by molar-refractivity contribution is 5.41. The molecule has 0 bridgehead atoms. The highest BCUT2D eigenvalue weighted by Gasteiger charge is 2.18. The molecule has 1 atom stereocenters. The molecular formula is C13H21N3O2. The first-order chi connectivity index (χ1) is 8.83. The maximum atomic E-state index is 9.18. The van der Waals surface area contributed by atoms with Gasteiger partial charge in [0.05, 0.1) is 13.7 Å². The van der Waals surface area contributed by atoms with Gasteiger partial charge >= 0.3 is 0 Å². The van der Waals surface area contributed by atoms with Gasteiger partial charge in [-0.25, -0.2) is 0 Å². The van der Waals surface area contributed by atoms with Crippen molar-refractivity contribution in [3.8, 4) is 5.88 Å². The van der Waals surface area contributed by atoms with Gasteiger partial charge in [0.2, 0.25) is 5.88 Å². The number of anilines is 1. The molecule has 0 saturated carbocycles. The third-order valence-electron chi connectivity index (χ3n) is 3.22. The van der Waals surface area contributed by atoms with Crippen LogP contribution < -0.4 is 15.0 Å². The molecule has 5 heteroatoms. The normalized spacial score (nSPS) is 18.9. The van der Waals surface area contributed by atoms with E-state index in [0.717, 1.165) is 18.9 Å². The van der Waals surface area contributed by atoms with Crippen molar-refractivity contribution in [1.29, 1.82) is 0 Å². The Bertz CT molecular complexity index is 367. The molecule has 1 aromatic heterocycles. The lowest BCUT2D eigenvalue weighted by Crippen LogP contribution is -2.39. The van der Waals surface area contributed by atoms with E-state index in [1.807, 2.05) is 18.2 Å². The average molecular weight is 251 g/mol. The minimum Gasteiger partial charge on any atom is -0.481 e. The summed E-state index contributed by atoms with van der Waals surface area (Å²) in [5.41, 5.74) is 0. The molecule has 2 rings (SSSR count). The Morgan fingerprint density at radius 3 is 3.11 bits per heavy atom. The molecule has 1 aliphatic heterocycles. The molecule has 1 fully saturated rings. The van der Waals surface area contributed by atoms with E-state index < -0.39 is 0 Å². The summed E-state index contributed by atoms with van der Waals surface area (Å²) in [5, 5.41) is 12.6. The number of nitrogens with one attached hydrogen (secondary N) is 1. The van der Waals surface area contributed by atoms with E-state index in [1.165, 1.54) is 12.8 Å². The van der Waals surface area contributed by atoms with Gasteiger partial charge in [-0.15, -0.1) is 0 Å². The predicted octanol–water partition coefficient (Wildman–Crippen LogP) is 0.641. The highest BCUT2D eigenvalue weighted by atomic mass is 16.5. The summed E-state index contributed by atoms with van der Waals surface area (Å²) >= 11 is 0. The zero-order valence-electron chi connectivity index (χ0n) is 10.8. The number of nitrogens with zero attached hydrogens (tertiary/aromatic N) is 2. The summed E-state index contributed by atoms with van der Waals surface area (Å²) in [6, 6.07) is 6.19. The summed E-state index contributed by atoms with van der Waals surface area (Å²) < 4.78 is 5.14. The SMILES string of the molecule is COc1cccc(N(CCO)CC2CCCN2)n1. The Hall–Kier alpha value is -1.33. The predicted molar refractivity (Wildman–Crippen MR) is 71.1 cm³/mol. The number of rotatable bonds is 6. The van der Waals surface area contributed by atoms with Crippen LogP contribution in [0.5, 0.6) is 5.88 Å². The minimum absolute atomic E-state index is 0.131. The molecule has 100 valence electrons. The van der Waals surface area contributed by atoms with Crippen LogP contribution in [0.4, 0.5) is 5.82 Å². The van der Waals surface area contributed by atoms with E-state index in [4.69, 9.17) is 4.74 Å². The number of aromatic nitrogens is 1. The zero-order chi connectivity index (χ0) is 12.8. The van der Waals surface area contributed by atoms with Crippen molar-refractivity contribution in [3.63, 3.8) is 0 Å². The van der Waals surface area contributed by atoms with Crippen LogP contribution in [0.3, 0.4) is 0 Å². The molecule has 1 aromatic rings. The van der Waals surface area contributed by atoms with Gasteiger partial charge in [-0.1, -0.05) is 6.07 Å². The fraction of sp³-hybridized carbons (Fsp3) is 0.615. The van der Waals surface area contributed by atoms with Crippen LogP contribution in [0.25, 0.3) is 0 Å². The van der Waals surface area contributed by atoms with Crippen molar-refractivity contribution in [2.24, 2.45) is 0 Å². The first-order valence-corrected chi connectivity index (χ1v) is 6.43. The van der Waals surface area contributed by atoms with Crippen LogP contribution >= 0.6 is 0 Å². The smallest absolute Gasteiger partial charge is 0.214 e. The summed E-state index contributed by atoms with van der Waals surface area (Å²) in [4.78, 5) is 6.52. The Morgan fingerprint density at radius 2 is 2.44 bits per heavy atom. The number of aliphatic hydroxyl groups is 1. The third-order valence-corrected chi connectivity index (χ3v) is 3.22. The first kappa shape index (κ1) is 13.1. The van der Waals surface area contributed by atoms with Crippen molar-refractivity contribution < 1.29 is 9.84 Å². The van der Waals surface area contributed by atoms with Crippen LogP contribution in [-0.2, 0) is 0 Å². The monoisotopic (exact) mass is 251 g/mol. The number of hydrogen-bond donors (Lipinski definition) is 2. The molecule has 2 N–H and O–H groups in total. The molecule has 5 nitrogen and oxygen atoms in total. The molecule has 1 unspecified atom stereocenters. The second-order valence-electron chi connectivity index (χ2n) is 4.50. The van der Waals surface area contributed by atoms with Gasteiger partial charge < -0.3 is 20.1 Å². The molecule has 18 heavy (non-hydrogen) atoms. The van der Waals surface area contributed by atoms with Gasteiger partial charge in [0, 0.05) is 25.2 Å². The van der Waals surface area contributed by atoms with Crippen molar-refractivity contribution >= 4 is 5.82 Å². The fourth-order valence-corrected chi connectivity index (χ4v) is 2.29. The van der Waals surface area contributed by atoms with Gasteiger partial charge in [0.1, 0.15) is 5.82 Å². The number of pyridine rings is 1. The van der Waals surface area contributed by atoms with Gasteiger partial charge in [0.25, 0.3) is 0 Å². The van der Waals surface area contributed by atoms with Crippen LogP contribution in [-0.4, -0.2) is 49.5 Å². The van der Waals surface area contributed by atoms with Crippen molar-refractivity contribution in [2.45, 2.75) is 18.9 Å². The van der Waals surface area contributed by atoms with Gasteiger partial charge in [-0.2, -0.15) is 4.98 Å². The molecule has 2 heterocycles. The lowest BCUT2D eigenvalue weighted by atomic mass is 10.2. The Kier molecular flexibility index (Phi) is 4.78. The van der Waals surface area contributed by atoms with Crippen LogP contribution in [0.15, 0.2) is 18.2 Å². The maximum absolute atomic E-state index is 9.18. The molecule has 1 aliphatic rings. The topological polar surface area (TPSA) is 57.6 Å². The van der Waals surface area contributed by atoms with Crippen molar-refractivity contribution in [2.75, 3.05) is 38.3 Å². The fourth-order valence-electron chi connectivity index (χ4n) is 2.29. The minimum atomic E-state index is 0.131. The highest BCUT2D eigenvalue weighted by Crippen LogP contribution is 2.17. The molecule has 0 aliphatic carbocycles. The lowest BCUT2D eigenvalue weighted by Gasteiger charge is -2.26. The summed E-state index contributed by atoms with van der Waals surface area (Å²) in [7, 11) is 1.61. The number of ether oxygens (including phenoxy) is 1. The molecule has 1 saturated heterocycles. The molecular weight excluding hydrogens is 230 g/mol. The van der Waals surface area contributed by atoms with E-state index >= 15 is 0 Å². The maximum Gasteiger partial charge on any atom is 0.214 e. The Labute approximate surface area is 108 Å². The lowest BCUT2D eigenvalue weighted by molar-refractivity contribution is 0.300. The summed E-state index contributed by atoms with van der Waals surface area (Å²) in [6.07, 6.45) is 2.41. The summed E-state index contributed by atoms with van der Waals surface area (Å²) in [5.74, 6) is 1.46. The van der Waals surface area contributed by atoms with E-state index in [2.05, 4.69) is 15.2 Å². The molecule has 0 amide bonds. The number of aliphatic hydroxyl groups excluding tert-OH is 1. The largest absolute Gasteiger partial charge is 0.481 e. The number of methoxy groups -OCH3 is 1. The summed E-state index contributed by atoms with van der Waals surface area (Å²) in [6.45, 7) is 2.69. The Balaban J connectivity index is 2.06. The number of hydrogen-bond acceptors (Lipinski definition) is 5. The van der Waals surface area contributed by atoms with E-state index in [9.17, 15) is 5.11 Å². The van der Waals surface area contributed by atoms with Crippen LogP contribution in [0.1, 0.15) is 12.8 Å². The second-order valence-corrected chi connectivity index (χ2v) is 4.50. The molecule has 0 radical (unpaired) electrons. The van der Waals surface area contributed by atoms with E-state index in [1.54, 1.807) is 7.11 Å². The average Bonchev–Trinajstić information content (AvgIpc) is 2.91. The quantitative estimate of drug-likeness (QED) is 0.777.